The standard InChI is InChI=1S/C6H6N.O.V/c7-6-4-2-1-3-5-6;;/h1-5,7H;;/q-1;;+1. The van der Waals surface area contributed by atoms with E-state index in [1.54, 1.807) is 0 Å². The maximum absolute atomic E-state index is 10.1. The minimum atomic E-state index is -0.951. The van der Waals surface area contributed by atoms with Crippen LogP contribution < -0.4 is 4.17 Å². The predicted octanol–water partition coefficient (Wildman–Crippen LogP) is 1.44. The first-order valence-electron chi connectivity index (χ1n) is 2.57. The van der Waals surface area contributed by atoms with Gasteiger partial charge in [-0.2, -0.15) is 0 Å². The van der Waals surface area contributed by atoms with E-state index >= 15 is 0 Å². The first-order chi connectivity index (χ1) is 4.43. The number of hydrogen-bond acceptors (Lipinski definition) is 1. The van der Waals surface area contributed by atoms with Gasteiger partial charge in [0.1, 0.15) is 0 Å². The van der Waals surface area contributed by atoms with Crippen molar-refractivity contribution in [3.8, 4) is 0 Å². The Morgan fingerprint density at radius 3 is 2.44 bits per heavy atom. The molecule has 0 radical (unpaired) electrons. The summed E-state index contributed by atoms with van der Waals surface area (Å²) in [6.45, 7) is 0. The Morgan fingerprint density at radius 1 is 1.22 bits per heavy atom. The van der Waals surface area contributed by atoms with Crippen molar-refractivity contribution in [2.45, 2.75) is 0 Å². The van der Waals surface area contributed by atoms with Crippen molar-refractivity contribution in [2.24, 2.45) is 0 Å². The molecule has 9 heavy (non-hydrogen) atoms. The molecule has 1 rings (SSSR count). The molecule has 1 N–H and O–H groups in total. The zero-order valence-electron chi connectivity index (χ0n) is 4.74. The van der Waals surface area contributed by atoms with Gasteiger partial charge >= 0.3 is 60.3 Å². The van der Waals surface area contributed by atoms with Crippen LogP contribution in [0.2, 0.25) is 0 Å². The second-order valence-electron chi connectivity index (χ2n) is 1.57. The second-order valence-corrected chi connectivity index (χ2v) is 2.20. The molecule has 0 spiro atoms. The van der Waals surface area contributed by atoms with Crippen LogP contribution in [0.1, 0.15) is 0 Å². The molecule has 0 atom stereocenters. The molecule has 0 saturated carbocycles. The summed E-state index contributed by atoms with van der Waals surface area (Å²) in [6, 6.07) is 9.49. The van der Waals surface area contributed by atoms with Gasteiger partial charge in [-0.05, 0) is 0 Å². The van der Waals surface area contributed by atoms with Crippen LogP contribution >= 0.6 is 0 Å². The molecule has 1 aromatic carbocycles. The van der Waals surface area contributed by atoms with Crippen molar-refractivity contribution in [3.05, 3.63) is 30.3 Å². The maximum atomic E-state index is 10.1. The zero-order chi connectivity index (χ0) is 6.53. The molecule has 0 aromatic heterocycles. The molecule has 0 bridgehead atoms. The van der Waals surface area contributed by atoms with Crippen molar-refractivity contribution >= 4 is 5.69 Å². The molecular formula is C6H6NOV. The van der Waals surface area contributed by atoms with E-state index in [1.165, 1.54) is 0 Å². The molecule has 1 aromatic rings. The molecule has 0 saturated heterocycles. The van der Waals surface area contributed by atoms with E-state index in [4.69, 9.17) is 0 Å². The van der Waals surface area contributed by atoms with Crippen LogP contribution in [0.25, 0.3) is 0 Å². The van der Waals surface area contributed by atoms with Gasteiger partial charge in [0, 0.05) is 0 Å². The molecule has 0 aliphatic carbocycles. The summed E-state index contributed by atoms with van der Waals surface area (Å²) in [5, 5.41) is 0. The van der Waals surface area contributed by atoms with Gasteiger partial charge in [-0.1, -0.05) is 0 Å². The summed E-state index contributed by atoms with van der Waals surface area (Å²) < 4.78 is 12.8. The molecule has 0 aliphatic rings. The summed E-state index contributed by atoms with van der Waals surface area (Å²) in [6.07, 6.45) is 0. The van der Waals surface area contributed by atoms with Crippen molar-refractivity contribution in [1.29, 1.82) is 0 Å². The van der Waals surface area contributed by atoms with Crippen LogP contribution in [0.15, 0.2) is 30.3 Å². The zero-order valence-corrected chi connectivity index (χ0v) is 6.14. The Bertz CT molecular complexity index is 188. The van der Waals surface area contributed by atoms with Crippen LogP contribution in [0.4, 0.5) is 5.69 Å². The molecule has 0 aliphatic heterocycles. The minimum absolute atomic E-state index is 0.924. The Labute approximate surface area is 60.8 Å². The molecule has 0 heterocycles. The summed E-state index contributed by atoms with van der Waals surface area (Å²) in [5.74, 6) is 0. The fourth-order valence-electron chi connectivity index (χ4n) is 0.565. The van der Waals surface area contributed by atoms with E-state index in [0.29, 0.717) is 0 Å². The topological polar surface area (TPSA) is 29.1 Å². The van der Waals surface area contributed by atoms with E-state index in [1.807, 2.05) is 30.3 Å². The third-order valence-corrected chi connectivity index (χ3v) is 1.49. The van der Waals surface area contributed by atoms with Crippen LogP contribution in [-0.4, -0.2) is 0 Å². The monoisotopic (exact) mass is 159 g/mol. The van der Waals surface area contributed by atoms with E-state index in [9.17, 15) is 3.67 Å². The SMILES string of the molecule is [O]=[V][NH]c1ccccc1. The van der Waals surface area contributed by atoms with Gasteiger partial charge in [-0.15, -0.1) is 0 Å². The molecule has 0 unspecified atom stereocenters. The number of nitrogens with one attached hydrogen (secondary N) is 1. The van der Waals surface area contributed by atoms with Gasteiger partial charge in [0.2, 0.25) is 0 Å². The Balaban J connectivity index is 2.72. The average molecular weight is 159 g/mol. The first kappa shape index (κ1) is 6.52. The van der Waals surface area contributed by atoms with Gasteiger partial charge in [0.05, 0.1) is 0 Å². The van der Waals surface area contributed by atoms with E-state index < -0.39 is 16.5 Å². The van der Waals surface area contributed by atoms with Crippen molar-refractivity contribution in [3.63, 3.8) is 0 Å². The number of benzene rings is 1. The van der Waals surface area contributed by atoms with Crippen molar-refractivity contribution in [2.75, 3.05) is 4.17 Å². The van der Waals surface area contributed by atoms with Gasteiger partial charge < -0.3 is 0 Å². The second kappa shape index (κ2) is 3.43. The quantitative estimate of drug-likeness (QED) is 0.707. The third-order valence-electron chi connectivity index (χ3n) is 0.949. The number of hydrogen-bond donors (Lipinski definition) is 1. The number of rotatable bonds is 2. The van der Waals surface area contributed by atoms with Crippen molar-refractivity contribution in [1.82, 2.24) is 0 Å². The van der Waals surface area contributed by atoms with Crippen LogP contribution in [0, 0.1) is 0 Å². The Hall–Kier alpha value is -0.596. The normalized spacial score (nSPS) is 8.44. The Kier molecular flexibility index (Phi) is 2.49. The number of para-hydroxylation sites is 1. The average Bonchev–Trinajstić information content (AvgIpc) is 1.91. The van der Waals surface area contributed by atoms with Gasteiger partial charge in [-0.25, -0.2) is 0 Å². The molecule has 0 amide bonds. The fraction of sp³-hybridized carbons (Fsp3) is 0. The first-order valence-corrected chi connectivity index (χ1v) is 3.84. The van der Waals surface area contributed by atoms with E-state index in [0.717, 1.165) is 5.69 Å². The van der Waals surface area contributed by atoms with Crippen molar-refractivity contribution < 1.29 is 20.1 Å². The number of anilines is 1. The molecule has 3 heteroatoms. The van der Waals surface area contributed by atoms with Gasteiger partial charge in [0.25, 0.3) is 0 Å². The predicted molar refractivity (Wildman–Crippen MR) is 30.8 cm³/mol. The van der Waals surface area contributed by atoms with E-state index in [2.05, 4.69) is 4.17 Å². The van der Waals surface area contributed by atoms with E-state index in [-0.39, 0.29) is 0 Å². The van der Waals surface area contributed by atoms with Crippen LogP contribution in [0.3, 0.4) is 0 Å². The molecule has 46 valence electrons. The summed E-state index contributed by atoms with van der Waals surface area (Å²) >= 11 is -0.951. The van der Waals surface area contributed by atoms with Gasteiger partial charge in [0.15, 0.2) is 0 Å². The third kappa shape index (κ3) is 2.00. The van der Waals surface area contributed by atoms with Crippen LogP contribution in [-0.2, 0) is 20.1 Å². The fourth-order valence-corrected chi connectivity index (χ4v) is 0.963. The summed E-state index contributed by atoms with van der Waals surface area (Å²) in [7, 11) is 0. The van der Waals surface area contributed by atoms with Crippen LogP contribution in [0.5, 0.6) is 0 Å². The summed E-state index contributed by atoms with van der Waals surface area (Å²) in [4.78, 5) is 0. The molecular weight excluding hydrogens is 153 g/mol. The Morgan fingerprint density at radius 2 is 1.89 bits per heavy atom. The summed E-state index contributed by atoms with van der Waals surface area (Å²) in [5.41, 5.74) is 0.924. The van der Waals surface area contributed by atoms with Gasteiger partial charge in [-0.3, -0.25) is 0 Å². The molecule has 0 fully saturated rings. The molecule has 2 nitrogen and oxygen atoms in total.